The Bertz CT molecular complexity index is 1140. The molecule has 2 N–H and O–H groups in total. The zero-order chi connectivity index (χ0) is 22.7. The molecule has 1 aromatic heterocycles. The van der Waals surface area contributed by atoms with Crippen LogP contribution in [0.2, 0.25) is 0 Å². The molecule has 2 amide bonds. The Balaban J connectivity index is 1.42. The summed E-state index contributed by atoms with van der Waals surface area (Å²) in [5.74, 6) is -0.445. The molecule has 166 valence electrons. The molecular weight excluding hydrogens is 472 g/mol. The lowest BCUT2D eigenvalue weighted by Gasteiger charge is -2.35. The fourth-order valence-corrected chi connectivity index (χ4v) is 4.01. The van der Waals surface area contributed by atoms with Gasteiger partial charge in [-0.05, 0) is 84.0 Å². The number of halogens is 1. The van der Waals surface area contributed by atoms with Crippen molar-refractivity contribution in [3.8, 4) is 0 Å². The predicted octanol–water partition coefficient (Wildman–Crippen LogP) is 4.61. The van der Waals surface area contributed by atoms with Crippen LogP contribution in [0, 0.1) is 6.92 Å². The van der Waals surface area contributed by atoms with Crippen LogP contribution in [0.5, 0.6) is 0 Å². The standard InChI is InChI=1S/C24H25BrN4O3/c1-16-14-19(6-7-20(16)29-12-10-28(2)11-13-29)26-23(30)17-4-3-5-18(15-17)27-24(31)21-8-9-22(25)32-21/h3-9,14-15H,10-13H2,1-2H3,(H,26,30)(H,27,31). The second-order valence-electron chi connectivity index (χ2n) is 7.88. The Morgan fingerprint density at radius 3 is 2.31 bits per heavy atom. The maximum Gasteiger partial charge on any atom is 0.291 e. The first-order valence-electron chi connectivity index (χ1n) is 10.4. The number of carbonyl (C=O) groups excluding carboxylic acids is 2. The minimum absolute atomic E-state index is 0.183. The third kappa shape index (κ3) is 5.20. The summed E-state index contributed by atoms with van der Waals surface area (Å²) in [6, 6.07) is 16.0. The van der Waals surface area contributed by atoms with Gasteiger partial charge < -0.3 is 24.9 Å². The highest BCUT2D eigenvalue weighted by Crippen LogP contribution is 2.25. The van der Waals surface area contributed by atoms with Gasteiger partial charge in [0.2, 0.25) is 0 Å². The minimum Gasteiger partial charge on any atom is -0.444 e. The van der Waals surface area contributed by atoms with E-state index in [0.717, 1.165) is 37.4 Å². The molecule has 1 aliphatic heterocycles. The van der Waals surface area contributed by atoms with E-state index in [1.54, 1.807) is 36.4 Å². The lowest BCUT2D eigenvalue weighted by atomic mass is 10.1. The number of hydrogen-bond acceptors (Lipinski definition) is 5. The molecule has 2 heterocycles. The maximum absolute atomic E-state index is 12.8. The van der Waals surface area contributed by atoms with Crippen molar-refractivity contribution < 1.29 is 14.0 Å². The molecule has 1 saturated heterocycles. The SMILES string of the molecule is Cc1cc(NC(=O)c2cccc(NC(=O)c3ccc(Br)o3)c2)ccc1N1CCN(C)CC1. The Kier molecular flexibility index (Phi) is 6.62. The van der Waals surface area contributed by atoms with Crippen molar-refractivity contribution in [1.29, 1.82) is 0 Å². The van der Waals surface area contributed by atoms with Crippen molar-refractivity contribution in [1.82, 2.24) is 4.90 Å². The summed E-state index contributed by atoms with van der Waals surface area (Å²) in [6.07, 6.45) is 0. The minimum atomic E-state index is -0.386. The van der Waals surface area contributed by atoms with Crippen LogP contribution in [0.3, 0.4) is 0 Å². The molecule has 0 atom stereocenters. The van der Waals surface area contributed by atoms with Gasteiger partial charge in [0.25, 0.3) is 11.8 Å². The normalized spacial score (nSPS) is 14.3. The van der Waals surface area contributed by atoms with Crippen LogP contribution in [0.1, 0.15) is 26.5 Å². The van der Waals surface area contributed by atoms with E-state index in [0.29, 0.717) is 15.9 Å². The monoisotopic (exact) mass is 496 g/mol. The molecule has 0 saturated carbocycles. The molecule has 3 aromatic rings. The largest absolute Gasteiger partial charge is 0.444 e. The van der Waals surface area contributed by atoms with Crippen molar-refractivity contribution >= 4 is 44.8 Å². The number of nitrogens with zero attached hydrogens (tertiary/aromatic N) is 2. The van der Waals surface area contributed by atoms with Crippen LogP contribution in [0.15, 0.2) is 63.7 Å². The molecule has 1 fully saturated rings. The van der Waals surface area contributed by atoms with Crippen LogP contribution in [-0.2, 0) is 0 Å². The zero-order valence-corrected chi connectivity index (χ0v) is 19.6. The third-order valence-corrected chi connectivity index (χ3v) is 5.90. The molecule has 4 rings (SSSR count). The van der Waals surface area contributed by atoms with Gasteiger partial charge in [0.05, 0.1) is 0 Å². The number of rotatable bonds is 5. The quantitative estimate of drug-likeness (QED) is 0.539. The van der Waals surface area contributed by atoms with E-state index in [2.05, 4.69) is 56.4 Å². The molecular formula is C24H25BrN4O3. The van der Waals surface area contributed by atoms with Gasteiger partial charge in [-0.2, -0.15) is 0 Å². The Morgan fingerprint density at radius 2 is 1.62 bits per heavy atom. The first-order chi connectivity index (χ1) is 15.4. The first kappa shape index (κ1) is 22.1. The average Bonchev–Trinajstić information content (AvgIpc) is 3.21. The fourth-order valence-electron chi connectivity index (χ4n) is 3.71. The number of piperazine rings is 1. The summed E-state index contributed by atoms with van der Waals surface area (Å²) in [6.45, 7) is 6.14. The highest BCUT2D eigenvalue weighted by Gasteiger charge is 2.17. The summed E-state index contributed by atoms with van der Waals surface area (Å²) < 4.78 is 5.74. The summed E-state index contributed by atoms with van der Waals surface area (Å²) in [5, 5.41) is 5.69. The van der Waals surface area contributed by atoms with E-state index >= 15 is 0 Å². The van der Waals surface area contributed by atoms with Gasteiger partial charge in [-0.1, -0.05) is 6.07 Å². The number of carbonyl (C=O) groups is 2. The van der Waals surface area contributed by atoms with Gasteiger partial charge in [-0.25, -0.2) is 0 Å². The van der Waals surface area contributed by atoms with Gasteiger partial charge >= 0.3 is 0 Å². The number of aryl methyl sites for hydroxylation is 1. The lowest BCUT2D eigenvalue weighted by Crippen LogP contribution is -2.44. The number of amides is 2. The topological polar surface area (TPSA) is 77.8 Å². The Morgan fingerprint density at radius 1 is 0.906 bits per heavy atom. The number of anilines is 3. The van der Waals surface area contributed by atoms with Gasteiger partial charge in [0.1, 0.15) is 0 Å². The number of benzene rings is 2. The Labute approximate surface area is 195 Å². The summed E-state index contributed by atoms with van der Waals surface area (Å²) in [4.78, 5) is 29.8. The van der Waals surface area contributed by atoms with Crippen molar-refractivity contribution in [2.24, 2.45) is 0 Å². The van der Waals surface area contributed by atoms with Crippen LogP contribution in [0.25, 0.3) is 0 Å². The van der Waals surface area contributed by atoms with Gasteiger partial charge in [-0.3, -0.25) is 9.59 Å². The van der Waals surface area contributed by atoms with Crippen molar-refractivity contribution in [3.05, 3.63) is 76.2 Å². The lowest BCUT2D eigenvalue weighted by molar-refractivity contribution is 0.0992. The van der Waals surface area contributed by atoms with Crippen molar-refractivity contribution in [2.45, 2.75) is 6.92 Å². The first-order valence-corrected chi connectivity index (χ1v) is 11.2. The van der Waals surface area contributed by atoms with Crippen LogP contribution in [-0.4, -0.2) is 49.9 Å². The molecule has 2 aromatic carbocycles. The van der Waals surface area contributed by atoms with Crippen molar-refractivity contribution in [2.75, 3.05) is 48.8 Å². The number of hydrogen-bond donors (Lipinski definition) is 2. The molecule has 32 heavy (non-hydrogen) atoms. The van der Waals surface area contributed by atoms with Gasteiger partial charge in [0.15, 0.2) is 10.4 Å². The predicted molar refractivity (Wildman–Crippen MR) is 130 cm³/mol. The summed E-state index contributed by atoms with van der Waals surface area (Å²) in [7, 11) is 2.14. The highest BCUT2D eigenvalue weighted by atomic mass is 79.9. The molecule has 0 radical (unpaired) electrons. The number of nitrogens with one attached hydrogen (secondary N) is 2. The second-order valence-corrected chi connectivity index (χ2v) is 8.67. The van der Waals surface area contributed by atoms with Gasteiger partial charge in [-0.15, -0.1) is 0 Å². The van der Waals surface area contributed by atoms with Crippen molar-refractivity contribution in [3.63, 3.8) is 0 Å². The maximum atomic E-state index is 12.8. The van der Waals surface area contributed by atoms with E-state index in [9.17, 15) is 9.59 Å². The third-order valence-electron chi connectivity index (χ3n) is 5.48. The second kappa shape index (κ2) is 9.58. The molecule has 0 spiro atoms. The van der Waals surface area contributed by atoms with E-state index in [1.165, 1.54) is 5.69 Å². The average molecular weight is 497 g/mol. The molecule has 7 nitrogen and oxygen atoms in total. The van der Waals surface area contributed by atoms with E-state index < -0.39 is 0 Å². The summed E-state index contributed by atoms with van der Waals surface area (Å²) >= 11 is 3.18. The van der Waals surface area contributed by atoms with E-state index in [1.807, 2.05) is 12.1 Å². The number of likely N-dealkylation sites (N-methyl/N-ethyl adjacent to an activating group) is 1. The molecule has 0 unspecified atom stereocenters. The van der Waals surface area contributed by atoms with Crippen LogP contribution < -0.4 is 15.5 Å². The molecule has 8 heteroatoms. The fraction of sp³-hybridized carbons (Fsp3) is 0.250. The molecule has 0 bridgehead atoms. The van der Waals surface area contributed by atoms with E-state index in [4.69, 9.17) is 4.42 Å². The smallest absolute Gasteiger partial charge is 0.291 e. The van der Waals surface area contributed by atoms with E-state index in [-0.39, 0.29) is 17.6 Å². The van der Waals surface area contributed by atoms with Gasteiger partial charge in [0, 0.05) is 48.8 Å². The summed E-state index contributed by atoms with van der Waals surface area (Å²) in [5.41, 5.74) is 4.02. The Hall–Kier alpha value is -3.10. The van der Waals surface area contributed by atoms with Crippen LogP contribution >= 0.6 is 15.9 Å². The zero-order valence-electron chi connectivity index (χ0n) is 18.0. The molecule has 0 aliphatic carbocycles. The highest BCUT2D eigenvalue weighted by molar-refractivity contribution is 9.10. The molecule has 1 aliphatic rings. The van der Waals surface area contributed by atoms with Crippen LogP contribution in [0.4, 0.5) is 17.1 Å². The number of furan rings is 1.